The van der Waals surface area contributed by atoms with Crippen molar-refractivity contribution in [2.24, 2.45) is 20.0 Å². The van der Waals surface area contributed by atoms with E-state index in [0.717, 1.165) is 78.1 Å². The Morgan fingerprint density at radius 2 is 0.469 bits per heavy atom. The highest BCUT2D eigenvalue weighted by molar-refractivity contribution is 5.94. The minimum absolute atomic E-state index is 0.157. The molecule has 2 N–H and O–H groups in total. The zero-order chi connectivity index (χ0) is 67.2. The Bertz CT molecular complexity index is 4670. The van der Waals surface area contributed by atoms with Gasteiger partial charge in [-0.2, -0.15) is 0 Å². The van der Waals surface area contributed by atoms with Crippen molar-refractivity contribution in [1.29, 1.82) is 0 Å². The Labute approximate surface area is 549 Å². The zero-order valence-electron chi connectivity index (χ0n) is 51.8. The van der Waals surface area contributed by atoms with Gasteiger partial charge in [0.1, 0.15) is 0 Å². The molecule has 10 aromatic carbocycles. The number of carboxylic acids is 4. The lowest BCUT2D eigenvalue weighted by molar-refractivity contribution is -0.256. The maximum Gasteiger partial charge on any atom is 0.335 e. The molecule has 2 heterocycles. The van der Waals surface area contributed by atoms with Gasteiger partial charge in [-0.15, -0.1) is 40.8 Å². The number of carbonyl (C=O) groups excluding carboxylic acids is 2. The number of aromatic nitrogens is 8. The van der Waals surface area contributed by atoms with Crippen molar-refractivity contribution in [2.75, 3.05) is 0 Å². The lowest BCUT2D eigenvalue weighted by Crippen LogP contribution is -2.23. The summed E-state index contributed by atoms with van der Waals surface area (Å²) in [5.41, 5.74) is 16.8. The van der Waals surface area contributed by atoms with Gasteiger partial charge in [0.15, 0.2) is 0 Å². The zero-order valence-corrected chi connectivity index (χ0v) is 51.8. The quantitative estimate of drug-likeness (QED) is 0.0754. The average molecular weight is 1260 g/mol. The first kappa shape index (κ1) is 64.2. The maximum atomic E-state index is 11.3. The molecule has 0 saturated heterocycles. The number of hydrogen-bond acceptors (Lipinski definition) is 18. The Morgan fingerprint density at radius 3 is 0.667 bits per heavy atom. The molecule has 0 saturated carbocycles. The highest BCUT2D eigenvalue weighted by Crippen LogP contribution is 2.29. The van der Waals surface area contributed by atoms with E-state index in [0.29, 0.717) is 56.9 Å². The second-order valence-electron chi connectivity index (χ2n) is 22.0. The second kappa shape index (κ2) is 29.3. The predicted octanol–water partition coefficient (Wildman–Crippen LogP) is 12.9. The summed E-state index contributed by atoms with van der Waals surface area (Å²) >= 11 is 0. The van der Waals surface area contributed by atoms with Gasteiger partial charge < -0.3 is 30.0 Å². The summed E-state index contributed by atoms with van der Waals surface area (Å²) < 4.78 is 0. The van der Waals surface area contributed by atoms with Gasteiger partial charge in [0.2, 0.25) is 23.3 Å². The third-order valence-electron chi connectivity index (χ3n) is 15.2. The summed E-state index contributed by atoms with van der Waals surface area (Å²) in [4.78, 5) is 62.6. The molecule has 0 spiro atoms. The number of aliphatic imine (C=N–C) groups is 4. The fourth-order valence-corrected chi connectivity index (χ4v) is 10.0. The van der Waals surface area contributed by atoms with E-state index in [9.17, 15) is 39.6 Å². The van der Waals surface area contributed by atoms with Crippen LogP contribution in [0.1, 0.15) is 85.9 Å². The number of aromatic carboxylic acids is 4. The van der Waals surface area contributed by atoms with Gasteiger partial charge in [-0.3, -0.25) is 20.0 Å². The molecule has 0 bridgehead atoms. The average Bonchev–Trinajstić information content (AvgIpc) is 0.895. The van der Waals surface area contributed by atoms with E-state index >= 15 is 0 Å². The number of carboxylic acid groups (broad SMARTS) is 4. The molecule has 0 aliphatic rings. The Balaban J connectivity index is 0.000000201. The van der Waals surface area contributed by atoms with E-state index < -0.39 is 23.9 Å². The number of hydrogen-bond donors (Lipinski definition) is 2. The SMILES string of the molecule is Cc1cc(C=Nc2ccc(-c3ccc(-c4nnc(-c5ccc(-c6ccc(N=Cc7ccc(C(=O)O)c(C)c7)cc6)cc5)nn4)cc3)cc2)ccc1C(=O)[O-].Cc1cc(C=Nc2ccc(-c3nnc(-c4ccc(N=Cc5ccc(C(=O)O)c(C)c5)cc4)nn3)cc2)ccc1C(=O)[O-]. The van der Waals surface area contributed by atoms with Crippen LogP contribution < -0.4 is 10.2 Å². The number of carbonyl (C=O) groups is 4. The summed E-state index contributed by atoms with van der Waals surface area (Å²) in [6, 6.07) is 66.1. The molecule has 20 heteroatoms. The smallest absolute Gasteiger partial charge is 0.335 e. The van der Waals surface area contributed by atoms with Gasteiger partial charge in [0.25, 0.3) is 0 Å². The minimum Gasteiger partial charge on any atom is -0.545 e. The van der Waals surface area contributed by atoms with Crippen LogP contribution in [0.4, 0.5) is 22.7 Å². The number of nitrogens with zero attached hydrogens (tertiary/aromatic N) is 12. The Morgan fingerprint density at radius 1 is 0.281 bits per heavy atom. The lowest BCUT2D eigenvalue weighted by Gasteiger charge is -2.07. The third kappa shape index (κ3) is 16.0. The van der Waals surface area contributed by atoms with Gasteiger partial charge >= 0.3 is 11.9 Å². The fraction of sp³-hybridized carbons (Fsp3) is 0.0526. The Kier molecular flexibility index (Phi) is 19.6. The molecule has 96 heavy (non-hydrogen) atoms. The van der Waals surface area contributed by atoms with Crippen LogP contribution in [0.2, 0.25) is 0 Å². The molecule has 0 fully saturated rings. The van der Waals surface area contributed by atoms with E-state index in [1.54, 1.807) is 113 Å². The highest BCUT2D eigenvalue weighted by atomic mass is 16.4. The number of benzene rings is 10. The first-order chi connectivity index (χ1) is 46.5. The van der Waals surface area contributed by atoms with Crippen molar-refractivity contribution >= 4 is 71.5 Å². The van der Waals surface area contributed by atoms with E-state index in [-0.39, 0.29) is 22.3 Å². The van der Waals surface area contributed by atoms with Crippen LogP contribution in [0.25, 0.3) is 67.8 Å². The molecule has 0 radical (unpaired) electrons. The molecule has 12 rings (SSSR count). The second-order valence-corrected chi connectivity index (χ2v) is 22.0. The summed E-state index contributed by atoms with van der Waals surface area (Å²) in [6.07, 6.45) is 6.76. The normalized spacial score (nSPS) is 11.3. The van der Waals surface area contributed by atoms with Crippen LogP contribution in [0.15, 0.2) is 238 Å². The summed E-state index contributed by atoms with van der Waals surface area (Å²) in [5, 5.41) is 74.9. The highest BCUT2D eigenvalue weighted by Gasteiger charge is 2.13. The van der Waals surface area contributed by atoms with Crippen LogP contribution in [0.3, 0.4) is 0 Å². The monoisotopic (exact) mass is 1260 g/mol. The van der Waals surface area contributed by atoms with Gasteiger partial charge in [-0.05, 0) is 204 Å². The standard InChI is InChI=1S/C44H32N6O4.C32H24N6O4/c1-27-23-29(3-21-39(27)43(51)52)25-45-37-17-13-33(14-18-37)31-5-9-35(10-6-31)41-47-49-42(50-48-41)36-11-7-32(8-12-36)34-15-19-38(20-16-34)46-26-30-4-22-40(44(53)54)28(2)24-30;1-19-15-21(3-13-27(19)31(39)40)17-33-25-9-5-23(6-10-25)29-35-37-30(38-36-29)24-7-11-26(12-8-24)34-18-22-4-14-28(32(41)42)20(2)16-22/h3-26H,1-2H3,(H,51,52)(H,53,54);3-18H,1-2H3,(H,39,40)(H,41,42)/p-2. The largest absolute Gasteiger partial charge is 0.545 e. The molecule has 0 aliphatic heterocycles. The van der Waals surface area contributed by atoms with Crippen molar-refractivity contribution in [3.63, 3.8) is 0 Å². The van der Waals surface area contributed by atoms with Crippen molar-refractivity contribution in [3.8, 4) is 67.8 Å². The Hall–Kier alpha value is -13.4. The molecule has 0 unspecified atom stereocenters. The molecule has 12 aromatic rings. The maximum absolute atomic E-state index is 11.3. The minimum atomic E-state index is -1.20. The molecular weight excluding hydrogens is 1210 g/mol. The van der Waals surface area contributed by atoms with Gasteiger partial charge in [-0.1, -0.05) is 109 Å². The van der Waals surface area contributed by atoms with Gasteiger partial charge in [0, 0.05) is 58.2 Å². The predicted molar refractivity (Wildman–Crippen MR) is 364 cm³/mol. The van der Waals surface area contributed by atoms with Crippen LogP contribution >= 0.6 is 0 Å². The first-order valence-corrected chi connectivity index (χ1v) is 29.7. The molecule has 2 aromatic heterocycles. The van der Waals surface area contributed by atoms with Crippen molar-refractivity contribution in [1.82, 2.24) is 40.8 Å². The lowest BCUT2D eigenvalue weighted by atomic mass is 10.0. The van der Waals surface area contributed by atoms with Gasteiger partial charge in [0.05, 0.1) is 45.8 Å². The molecule has 0 amide bonds. The van der Waals surface area contributed by atoms with E-state index in [1.165, 1.54) is 12.1 Å². The molecule has 0 atom stereocenters. The molecule has 468 valence electrons. The summed E-state index contributed by atoms with van der Waals surface area (Å²) in [6.45, 7) is 6.96. The topological polar surface area (TPSA) is 307 Å². The van der Waals surface area contributed by atoms with Crippen LogP contribution in [-0.4, -0.2) is 99.7 Å². The molecule has 20 nitrogen and oxygen atoms in total. The van der Waals surface area contributed by atoms with Crippen molar-refractivity contribution in [2.45, 2.75) is 27.7 Å². The molecule has 0 aliphatic carbocycles. The van der Waals surface area contributed by atoms with Crippen LogP contribution in [0, 0.1) is 27.7 Å². The van der Waals surface area contributed by atoms with Crippen LogP contribution in [0.5, 0.6) is 0 Å². The van der Waals surface area contributed by atoms with Crippen LogP contribution in [-0.2, 0) is 0 Å². The van der Waals surface area contributed by atoms with E-state index in [1.807, 2.05) is 146 Å². The summed E-state index contributed by atoms with van der Waals surface area (Å²) in [7, 11) is 0. The fourth-order valence-electron chi connectivity index (χ4n) is 10.0. The van der Waals surface area contributed by atoms with E-state index in [2.05, 4.69) is 60.8 Å². The molecular formula is C76H54N12O8-2. The van der Waals surface area contributed by atoms with Crippen molar-refractivity contribution in [3.05, 3.63) is 285 Å². The number of aryl methyl sites for hydroxylation is 4. The first-order valence-electron chi connectivity index (χ1n) is 29.7. The van der Waals surface area contributed by atoms with E-state index in [4.69, 9.17) is 0 Å². The van der Waals surface area contributed by atoms with Crippen molar-refractivity contribution < 1.29 is 39.6 Å². The summed E-state index contributed by atoms with van der Waals surface area (Å²) in [5.74, 6) is -2.71. The number of rotatable bonds is 18. The third-order valence-corrected chi connectivity index (χ3v) is 15.2. The van der Waals surface area contributed by atoms with Gasteiger partial charge in [-0.25, -0.2) is 9.59 Å².